The number of amides is 2. The van der Waals surface area contributed by atoms with Gasteiger partial charge in [0.1, 0.15) is 0 Å². The van der Waals surface area contributed by atoms with E-state index >= 15 is 0 Å². The van der Waals surface area contributed by atoms with Crippen molar-refractivity contribution in [1.82, 2.24) is 0 Å². The van der Waals surface area contributed by atoms with Crippen molar-refractivity contribution in [2.45, 2.75) is 13.3 Å². The van der Waals surface area contributed by atoms with E-state index in [1.807, 2.05) is 42.3 Å². The van der Waals surface area contributed by atoms with Crippen LogP contribution in [-0.4, -0.2) is 25.4 Å². The molecule has 0 unspecified atom stereocenters. The van der Waals surface area contributed by atoms with E-state index in [4.69, 9.17) is 0 Å². The van der Waals surface area contributed by atoms with E-state index in [9.17, 15) is 9.59 Å². The van der Waals surface area contributed by atoms with Crippen molar-refractivity contribution in [2.24, 2.45) is 0 Å². The summed E-state index contributed by atoms with van der Waals surface area (Å²) in [6.07, 6.45) is 0.402. The Kier molecular flexibility index (Phi) is 5.74. The van der Waals surface area contributed by atoms with Crippen LogP contribution in [0.25, 0.3) is 0 Å². The topological polar surface area (TPSA) is 61.4 Å². The van der Waals surface area contributed by atoms with E-state index in [1.54, 1.807) is 24.3 Å². The highest BCUT2D eigenvalue weighted by molar-refractivity contribution is 5.92. The first-order valence-electron chi connectivity index (χ1n) is 7.48. The van der Waals surface area contributed by atoms with Crippen LogP contribution in [0.2, 0.25) is 0 Å². The van der Waals surface area contributed by atoms with Crippen molar-refractivity contribution in [3.8, 4) is 0 Å². The minimum absolute atomic E-state index is 0.0416. The molecule has 0 aliphatic carbocycles. The highest BCUT2D eigenvalue weighted by atomic mass is 16.2. The number of para-hydroxylation sites is 1. The molecule has 0 spiro atoms. The van der Waals surface area contributed by atoms with Gasteiger partial charge in [0.2, 0.25) is 11.8 Å². The molecule has 0 aromatic heterocycles. The third-order valence-corrected chi connectivity index (χ3v) is 3.36. The van der Waals surface area contributed by atoms with Crippen molar-refractivity contribution in [2.75, 3.05) is 29.1 Å². The predicted molar refractivity (Wildman–Crippen MR) is 93.7 cm³/mol. The Hall–Kier alpha value is -2.82. The average molecular weight is 311 g/mol. The maximum atomic E-state index is 12.0. The van der Waals surface area contributed by atoms with Gasteiger partial charge in [-0.2, -0.15) is 0 Å². The molecular formula is C18H21N3O2. The minimum Gasteiger partial charge on any atom is -0.374 e. The maximum Gasteiger partial charge on any atom is 0.226 e. The molecule has 0 fully saturated rings. The largest absolute Gasteiger partial charge is 0.374 e. The fourth-order valence-electron chi connectivity index (χ4n) is 2.14. The quantitative estimate of drug-likeness (QED) is 0.861. The Bertz CT molecular complexity index is 654. The zero-order valence-corrected chi connectivity index (χ0v) is 13.4. The number of carbonyl (C=O) groups excluding carboxylic acids is 2. The fraction of sp³-hybridized carbons (Fsp3) is 0.222. The van der Waals surface area contributed by atoms with Crippen molar-refractivity contribution in [1.29, 1.82) is 0 Å². The summed E-state index contributed by atoms with van der Waals surface area (Å²) >= 11 is 0. The van der Waals surface area contributed by atoms with Gasteiger partial charge in [0, 0.05) is 44.0 Å². The number of nitrogens with one attached hydrogen (secondary N) is 2. The van der Waals surface area contributed by atoms with Gasteiger partial charge in [-0.1, -0.05) is 18.2 Å². The van der Waals surface area contributed by atoms with E-state index in [0.717, 1.165) is 5.69 Å². The second-order valence-electron chi connectivity index (χ2n) is 5.31. The smallest absolute Gasteiger partial charge is 0.226 e. The zero-order chi connectivity index (χ0) is 16.7. The molecule has 0 aliphatic rings. The first-order valence-corrected chi connectivity index (χ1v) is 7.48. The van der Waals surface area contributed by atoms with Crippen molar-refractivity contribution in [3.63, 3.8) is 0 Å². The molecule has 0 atom stereocenters. The van der Waals surface area contributed by atoms with Crippen LogP contribution >= 0.6 is 0 Å². The third kappa shape index (κ3) is 5.47. The third-order valence-electron chi connectivity index (χ3n) is 3.36. The summed E-state index contributed by atoms with van der Waals surface area (Å²) in [6, 6.07) is 17.0. The molecule has 120 valence electrons. The highest BCUT2D eigenvalue weighted by Gasteiger charge is 2.06. The number of carbonyl (C=O) groups is 2. The van der Waals surface area contributed by atoms with Gasteiger partial charge in [0.05, 0.1) is 0 Å². The Balaban J connectivity index is 1.81. The molecule has 0 bridgehead atoms. The molecule has 0 heterocycles. The molecule has 23 heavy (non-hydrogen) atoms. The summed E-state index contributed by atoms with van der Waals surface area (Å²) in [4.78, 5) is 25.0. The molecule has 2 amide bonds. The zero-order valence-electron chi connectivity index (χ0n) is 13.4. The summed E-state index contributed by atoms with van der Waals surface area (Å²) in [5.74, 6) is -0.161. The van der Waals surface area contributed by atoms with Gasteiger partial charge in [0.15, 0.2) is 0 Å². The molecular weight excluding hydrogens is 290 g/mol. The Labute approximate surface area is 136 Å². The van der Waals surface area contributed by atoms with Crippen LogP contribution in [-0.2, 0) is 9.59 Å². The molecule has 5 nitrogen and oxygen atoms in total. The second-order valence-corrected chi connectivity index (χ2v) is 5.31. The number of benzene rings is 2. The Morgan fingerprint density at radius 2 is 1.48 bits per heavy atom. The summed E-state index contributed by atoms with van der Waals surface area (Å²) < 4.78 is 0. The number of anilines is 3. The van der Waals surface area contributed by atoms with E-state index in [0.29, 0.717) is 24.3 Å². The minimum atomic E-state index is -0.120. The summed E-state index contributed by atoms with van der Waals surface area (Å²) in [5.41, 5.74) is 2.51. The average Bonchev–Trinajstić information content (AvgIpc) is 2.55. The molecule has 2 aromatic carbocycles. The van der Waals surface area contributed by atoms with Gasteiger partial charge < -0.3 is 15.5 Å². The molecule has 2 rings (SSSR count). The Morgan fingerprint density at radius 3 is 2.04 bits per heavy atom. The predicted octanol–water partition coefficient (Wildman–Crippen LogP) is 3.11. The van der Waals surface area contributed by atoms with Crippen LogP contribution < -0.4 is 15.5 Å². The van der Waals surface area contributed by atoms with Crippen LogP contribution in [0.5, 0.6) is 0 Å². The fourth-order valence-corrected chi connectivity index (χ4v) is 2.14. The Morgan fingerprint density at radius 1 is 0.913 bits per heavy atom. The van der Waals surface area contributed by atoms with Crippen molar-refractivity contribution < 1.29 is 9.59 Å². The van der Waals surface area contributed by atoms with Crippen molar-refractivity contribution in [3.05, 3.63) is 54.6 Å². The van der Waals surface area contributed by atoms with Crippen molar-refractivity contribution >= 4 is 28.9 Å². The molecule has 0 radical (unpaired) electrons. The molecule has 5 heteroatoms. The van der Waals surface area contributed by atoms with E-state index < -0.39 is 0 Å². The lowest BCUT2D eigenvalue weighted by atomic mass is 10.2. The molecule has 2 N–H and O–H groups in total. The molecule has 0 saturated carbocycles. The summed E-state index contributed by atoms with van der Waals surface area (Å²) in [6.45, 7) is 2.10. The summed E-state index contributed by atoms with van der Waals surface area (Å²) in [5, 5.41) is 5.54. The van der Waals surface area contributed by atoms with Crippen LogP contribution in [0.3, 0.4) is 0 Å². The maximum absolute atomic E-state index is 12.0. The van der Waals surface area contributed by atoms with E-state index in [-0.39, 0.29) is 11.8 Å². The van der Waals surface area contributed by atoms with E-state index in [2.05, 4.69) is 10.6 Å². The van der Waals surface area contributed by atoms with Crippen LogP contribution in [0.1, 0.15) is 13.3 Å². The molecule has 0 aliphatic heterocycles. The number of hydrogen-bond acceptors (Lipinski definition) is 3. The lowest BCUT2D eigenvalue weighted by Gasteiger charge is -2.18. The first-order chi connectivity index (χ1) is 11.0. The van der Waals surface area contributed by atoms with Gasteiger partial charge in [-0.15, -0.1) is 0 Å². The first kappa shape index (κ1) is 16.5. The van der Waals surface area contributed by atoms with Crippen LogP contribution in [0.4, 0.5) is 17.1 Å². The van der Waals surface area contributed by atoms with Gasteiger partial charge in [0.25, 0.3) is 0 Å². The number of rotatable bonds is 6. The highest BCUT2D eigenvalue weighted by Crippen LogP contribution is 2.14. The second kappa shape index (κ2) is 7.98. The van der Waals surface area contributed by atoms with Gasteiger partial charge in [-0.05, 0) is 36.4 Å². The number of hydrogen-bond donors (Lipinski definition) is 2. The molecule has 2 aromatic rings. The monoisotopic (exact) mass is 311 g/mol. The molecule has 0 saturated heterocycles. The van der Waals surface area contributed by atoms with Crippen LogP contribution in [0.15, 0.2) is 54.6 Å². The van der Waals surface area contributed by atoms with Gasteiger partial charge in [-0.3, -0.25) is 9.59 Å². The SMILES string of the molecule is CC(=O)Nc1ccc(NC(=O)CCN(C)c2ccccc2)cc1. The summed E-state index contributed by atoms with van der Waals surface area (Å²) in [7, 11) is 1.96. The van der Waals surface area contributed by atoms with Crippen LogP contribution in [0, 0.1) is 0 Å². The van der Waals surface area contributed by atoms with Gasteiger partial charge in [-0.25, -0.2) is 0 Å². The standard InChI is InChI=1S/C18H21N3O2/c1-14(22)19-15-8-10-16(11-9-15)20-18(23)12-13-21(2)17-6-4-3-5-7-17/h3-11H,12-13H2,1-2H3,(H,19,22)(H,20,23). The number of nitrogens with zero attached hydrogens (tertiary/aromatic N) is 1. The van der Waals surface area contributed by atoms with Gasteiger partial charge >= 0.3 is 0 Å². The lowest BCUT2D eigenvalue weighted by molar-refractivity contribution is -0.116. The van der Waals surface area contributed by atoms with E-state index in [1.165, 1.54) is 6.92 Å². The normalized spacial score (nSPS) is 10.0. The lowest BCUT2D eigenvalue weighted by Crippen LogP contribution is -2.23.